The Labute approximate surface area is 244 Å². The molecule has 0 spiro atoms. The predicted octanol–water partition coefficient (Wildman–Crippen LogP) is 4.25. The largest absolute Gasteiger partial charge is 0.350 e. The first-order chi connectivity index (χ1) is 19.0. The average molecular weight is 637 g/mol. The van der Waals surface area contributed by atoms with Gasteiger partial charge in [0.05, 0.1) is 11.8 Å². The molecule has 0 aromatic heterocycles. The van der Waals surface area contributed by atoms with E-state index in [1.807, 2.05) is 44.2 Å². The van der Waals surface area contributed by atoms with Crippen molar-refractivity contribution in [2.24, 2.45) is 23.6 Å². The summed E-state index contributed by atoms with van der Waals surface area (Å²) in [6.07, 6.45) is 6.06. The lowest BCUT2D eigenvalue weighted by atomic mass is 9.73. The minimum absolute atomic E-state index is 0.0690. The van der Waals surface area contributed by atoms with Crippen LogP contribution in [0.2, 0.25) is 0 Å². The van der Waals surface area contributed by atoms with E-state index in [1.165, 1.54) is 6.08 Å². The highest BCUT2D eigenvalue weighted by Crippen LogP contribution is 2.45. The zero-order valence-electron chi connectivity index (χ0n) is 23.0. The molecule has 4 N–H and O–H groups in total. The molecule has 2 unspecified atom stereocenters. The number of nitrogens with two attached hydrogens (primary N) is 1. The summed E-state index contributed by atoms with van der Waals surface area (Å²) in [6.45, 7) is 4.26. The molecule has 1 fully saturated rings. The summed E-state index contributed by atoms with van der Waals surface area (Å²) in [5.74, 6) is 1.52. The van der Waals surface area contributed by atoms with Crippen molar-refractivity contribution < 1.29 is 27.6 Å². The normalized spacial score (nSPS) is 19.1. The molecule has 40 heavy (non-hydrogen) atoms. The summed E-state index contributed by atoms with van der Waals surface area (Å²) in [5, 5.41) is 0. The molecule has 0 bridgehead atoms. The topological polar surface area (TPSA) is 137 Å². The van der Waals surface area contributed by atoms with Crippen LogP contribution in [-0.4, -0.2) is 39.4 Å². The molecule has 0 saturated carbocycles. The number of carbonyl (C=O) groups is 2. The highest BCUT2D eigenvalue weighted by atomic mass is 79.9. The summed E-state index contributed by atoms with van der Waals surface area (Å²) in [6, 6.07) is 15.8. The summed E-state index contributed by atoms with van der Waals surface area (Å²) in [4.78, 5) is 33.1. The van der Waals surface area contributed by atoms with Gasteiger partial charge in [-0.25, -0.2) is 24.6 Å². The van der Waals surface area contributed by atoms with Gasteiger partial charge in [-0.15, -0.1) is 0 Å². The fourth-order valence-electron chi connectivity index (χ4n) is 5.12. The average Bonchev–Trinajstić information content (AvgIpc) is 2.93. The van der Waals surface area contributed by atoms with Crippen LogP contribution in [0.25, 0.3) is 6.08 Å². The first-order valence-electron chi connectivity index (χ1n) is 13.3. The fraction of sp³-hybridized carbons (Fsp3) is 0.448. The molecule has 1 aliphatic rings. The first kappa shape index (κ1) is 32.0. The molecule has 3 rings (SSSR count). The van der Waals surface area contributed by atoms with Gasteiger partial charge >= 0.3 is 0 Å². The van der Waals surface area contributed by atoms with Crippen molar-refractivity contribution in [3.63, 3.8) is 0 Å². The van der Waals surface area contributed by atoms with E-state index >= 15 is 0 Å². The van der Waals surface area contributed by atoms with Crippen molar-refractivity contribution in [2.45, 2.75) is 50.6 Å². The standard InChI is InChI=1S/C29H38BrN3O6S/c1-20(2)19-24(27(34)32-31)26(28(35)33-39-25-11-7-8-18-38-25)29(40(3,36)37,22-12-14-23(30)15-13-22)17-16-21-9-5-4-6-10-21/h4-6,9-10,12-17,20,24-26H,7-8,11,18-19,31H2,1-3H3,(H,32,34)(H,33,35)/b17-16+/t24-,25?,26+,29?/m1/s1. The Balaban J connectivity index is 2.28. The van der Waals surface area contributed by atoms with Gasteiger partial charge in [-0.1, -0.05) is 84.4 Å². The van der Waals surface area contributed by atoms with E-state index in [1.54, 1.807) is 30.3 Å². The molecule has 1 heterocycles. The van der Waals surface area contributed by atoms with E-state index in [2.05, 4.69) is 26.8 Å². The lowest BCUT2D eigenvalue weighted by Gasteiger charge is -2.40. The molecule has 4 atom stereocenters. The van der Waals surface area contributed by atoms with Gasteiger partial charge in [0, 0.05) is 23.8 Å². The van der Waals surface area contributed by atoms with Crippen molar-refractivity contribution in [3.05, 3.63) is 76.3 Å². The molecule has 9 nitrogen and oxygen atoms in total. The number of carbonyl (C=O) groups excluding carboxylic acids is 2. The molecule has 1 saturated heterocycles. The van der Waals surface area contributed by atoms with E-state index in [4.69, 9.17) is 15.4 Å². The molecule has 0 radical (unpaired) electrons. The van der Waals surface area contributed by atoms with Gasteiger partial charge in [0.1, 0.15) is 4.75 Å². The maximum atomic E-state index is 14.2. The second-order valence-corrected chi connectivity index (χ2v) is 13.6. The second kappa shape index (κ2) is 14.4. The van der Waals surface area contributed by atoms with Gasteiger partial charge in [0.25, 0.3) is 0 Å². The minimum atomic E-state index is -4.14. The van der Waals surface area contributed by atoms with E-state index < -0.39 is 44.5 Å². The van der Waals surface area contributed by atoms with Crippen LogP contribution in [-0.2, 0) is 33.7 Å². The van der Waals surface area contributed by atoms with Gasteiger partial charge in [-0.2, -0.15) is 0 Å². The lowest BCUT2D eigenvalue weighted by Crippen LogP contribution is -2.56. The van der Waals surface area contributed by atoms with Crippen molar-refractivity contribution in [2.75, 3.05) is 12.9 Å². The van der Waals surface area contributed by atoms with E-state index in [9.17, 15) is 18.0 Å². The monoisotopic (exact) mass is 635 g/mol. The van der Waals surface area contributed by atoms with Crippen molar-refractivity contribution >= 4 is 43.7 Å². The van der Waals surface area contributed by atoms with Crippen molar-refractivity contribution in [1.82, 2.24) is 10.9 Å². The molecular formula is C29H38BrN3O6S. The molecule has 0 aliphatic carbocycles. The Morgan fingerprint density at radius 1 is 1.12 bits per heavy atom. The Hall–Kier alpha value is -2.57. The number of hydrogen-bond donors (Lipinski definition) is 3. The molecular weight excluding hydrogens is 598 g/mol. The number of sulfone groups is 1. The van der Waals surface area contributed by atoms with Crippen molar-refractivity contribution in [3.8, 4) is 0 Å². The number of rotatable bonds is 12. The molecule has 2 aromatic rings. The Kier molecular flexibility index (Phi) is 11.5. The number of ether oxygens (including phenoxy) is 1. The van der Waals surface area contributed by atoms with Gasteiger partial charge in [-0.05, 0) is 48.4 Å². The Bertz CT molecular complexity index is 1260. The predicted molar refractivity (Wildman–Crippen MR) is 158 cm³/mol. The van der Waals surface area contributed by atoms with E-state index in [0.717, 1.165) is 29.1 Å². The summed E-state index contributed by atoms with van der Waals surface area (Å²) >= 11 is 3.41. The molecule has 218 valence electrons. The number of halogens is 1. The van der Waals surface area contributed by atoms with Crippen molar-refractivity contribution in [1.29, 1.82) is 0 Å². The first-order valence-corrected chi connectivity index (χ1v) is 16.0. The third-order valence-corrected chi connectivity index (χ3v) is 9.39. The molecule has 1 aliphatic heterocycles. The number of hydrogen-bond acceptors (Lipinski definition) is 7. The molecule has 2 aromatic carbocycles. The summed E-state index contributed by atoms with van der Waals surface area (Å²) in [7, 11) is -4.14. The number of benzene rings is 2. The maximum absolute atomic E-state index is 14.2. The highest BCUT2D eigenvalue weighted by Gasteiger charge is 2.55. The number of amides is 2. The van der Waals surface area contributed by atoms with Crippen LogP contribution in [0.3, 0.4) is 0 Å². The van der Waals surface area contributed by atoms with E-state index in [-0.39, 0.29) is 12.3 Å². The second-order valence-electron chi connectivity index (χ2n) is 10.4. The Morgan fingerprint density at radius 2 is 1.80 bits per heavy atom. The summed E-state index contributed by atoms with van der Waals surface area (Å²) in [5.41, 5.74) is 5.65. The SMILES string of the molecule is CC(C)C[C@@H](C(=O)NN)[C@@H](C(=O)NOC1CCCCO1)C(/C=C/c1ccccc1)(c1ccc(Br)cc1)S(C)(=O)=O. The smallest absolute Gasteiger partial charge is 0.249 e. The third kappa shape index (κ3) is 7.79. The Morgan fingerprint density at radius 3 is 2.35 bits per heavy atom. The van der Waals surface area contributed by atoms with Crippen LogP contribution in [0.4, 0.5) is 0 Å². The van der Waals surface area contributed by atoms with E-state index in [0.29, 0.717) is 18.6 Å². The number of hydroxylamine groups is 1. The zero-order chi connectivity index (χ0) is 29.3. The lowest BCUT2D eigenvalue weighted by molar-refractivity contribution is -0.203. The van der Waals surface area contributed by atoms with Crippen LogP contribution < -0.4 is 16.7 Å². The van der Waals surface area contributed by atoms with Gasteiger partial charge < -0.3 is 4.74 Å². The van der Waals surface area contributed by atoms with Crippen LogP contribution in [0, 0.1) is 17.8 Å². The number of nitrogens with one attached hydrogen (secondary N) is 2. The quantitative estimate of drug-likeness (QED) is 0.180. The van der Waals surface area contributed by atoms with Gasteiger partial charge in [0.2, 0.25) is 11.8 Å². The summed E-state index contributed by atoms with van der Waals surface area (Å²) < 4.78 is 32.4. The minimum Gasteiger partial charge on any atom is -0.350 e. The zero-order valence-corrected chi connectivity index (χ0v) is 25.4. The molecule has 2 amide bonds. The fourth-order valence-corrected chi connectivity index (χ4v) is 7.00. The van der Waals surface area contributed by atoms with Gasteiger partial charge in [-0.3, -0.25) is 15.0 Å². The third-order valence-electron chi connectivity index (χ3n) is 7.01. The van der Waals surface area contributed by atoms with Crippen LogP contribution in [0.1, 0.15) is 50.7 Å². The van der Waals surface area contributed by atoms with Crippen LogP contribution >= 0.6 is 15.9 Å². The van der Waals surface area contributed by atoms with Crippen LogP contribution in [0.15, 0.2) is 65.1 Å². The molecule has 11 heteroatoms. The maximum Gasteiger partial charge on any atom is 0.249 e. The number of hydrazine groups is 1. The van der Waals surface area contributed by atoms with Crippen LogP contribution in [0.5, 0.6) is 0 Å². The van der Waals surface area contributed by atoms with Gasteiger partial charge in [0.15, 0.2) is 16.1 Å². The highest BCUT2D eigenvalue weighted by molar-refractivity contribution is 9.10.